The summed E-state index contributed by atoms with van der Waals surface area (Å²) in [5.41, 5.74) is 0.463. The Morgan fingerprint density at radius 1 is 1.29 bits per heavy atom. The van der Waals surface area contributed by atoms with Crippen LogP contribution in [0.4, 0.5) is 0 Å². The topological polar surface area (TPSA) is 24.1 Å². The zero-order valence-corrected chi connectivity index (χ0v) is 12.3. The summed E-state index contributed by atoms with van der Waals surface area (Å²) in [4.78, 5) is 0. The first-order chi connectivity index (χ1) is 8.05. The number of nitrogens with one attached hydrogen (secondary N) is 2. The van der Waals surface area contributed by atoms with Crippen molar-refractivity contribution in [2.75, 3.05) is 19.6 Å². The van der Waals surface area contributed by atoms with Gasteiger partial charge in [0.1, 0.15) is 0 Å². The fraction of sp³-hybridized carbons (Fsp3) is 1.00. The number of hydrogen-bond acceptors (Lipinski definition) is 2. The van der Waals surface area contributed by atoms with Gasteiger partial charge in [-0.2, -0.15) is 0 Å². The highest BCUT2D eigenvalue weighted by Crippen LogP contribution is 2.23. The first kappa shape index (κ1) is 15.0. The van der Waals surface area contributed by atoms with Crippen molar-refractivity contribution in [2.45, 2.75) is 65.8 Å². The molecule has 0 radical (unpaired) electrons. The van der Waals surface area contributed by atoms with E-state index < -0.39 is 0 Å². The summed E-state index contributed by atoms with van der Waals surface area (Å²) in [5, 5.41) is 7.20. The second-order valence-electron chi connectivity index (χ2n) is 6.54. The molecule has 1 saturated heterocycles. The van der Waals surface area contributed by atoms with Gasteiger partial charge in [0.25, 0.3) is 0 Å². The largest absolute Gasteiger partial charge is 0.316 e. The molecule has 2 N–H and O–H groups in total. The number of unbranched alkanes of at least 4 members (excludes halogenated alkanes) is 2. The van der Waals surface area contributed by atoms with E-state index >= 15 is 0 Å². The monoisotopic (exact) mass is 240 g/mol. The molecule has 0 aromatic carbocycles. The van der Waals surface area contributed by atoms with Gasteiger partial charge in [-0.1, -0.05) is 40.0 Å². The van der Waals surface area contributed by atoms with Gasteiger partial charge >= 0.3 is 0 Å². The quantitative estimate of drug-likeness (QED) is 0.637. The zero-order chi connectivity index (χ0) is 12.7. The normalized spacial score (nSPS) is 25.4. The molecule has 0 spiro atoms. The van der Waals surface area contributed by atoms with Crippen molar-refractivity contribution in [2.24, 2.45) is 11.3 Å². The van der Waals surface area contributed by atoms with E-state index in [1.807, 2.05) is 0 Å². The summed E-state index contributed by atoms with van der Waals surface area (Å²) in [7, 11) is 0. The molecule has 2 atom stereocenters. The van der Waals surface area contributed by atoms with Crippen LogP contribution in [0.5, 0.6) is 0 Å². The molecule has 0 saturated carbocycles. The average Bonchev–Trinajstić information content (AvgIpc) is 2.64. The molecule has 1 rings (SSSR count). The fourth-order valence-corrected chi connectivity index (χ4v) is 2.73. The third-order valence-corrected chi connectivity index (χ3v) is 4.16. The lowest BCUT2D eigenvalue weighted by molar-refractivity contribution is 0.290. The van der Waals surface area contributed by atoms with Crippen LogP contribution in [0.15, 0.2) is 0 Å². The first-order valence-electron chi connectivity index (χ1n) is 7.49. The van der Waals surface area contributed by atoms with Crippen LogP contribution < -0.4 is 10.6 Å². The summed E-state index contributed by atoms with van der Waals surface area (Å²) in [6.07, 6.45) is 6.78. The van der Waals surface area contributed by atoms with E-state index in [1.54, 1.807) is 0 Å². The molecule has 0 aromatic heterocycles. The highest BCUT2D eigenvalue weighted by Gasteiger charge is 2.23. The molecule has 2 unspecified atom stereocenters. The maximum atomic E-state index is 3.68. The van der Waals surface area contributed by atoms with Crippen molar-refractivity contribution in [1.82, 2.24) is 10.6 Å². The predicted octanol–water partition coefficient (Wildman–Crippen LogP) is 3.18. The van der Waals surface area contributed by atoms with Crippen molar-refractivity contribution >= 4 is 0 Å². The van der Waals surface area contributed by atoms with Gasteiger partial charge < -0.3 is 10.6 Å². The molecule has 17 heavy (non-hydrogen) atoms. The molecule has 1 heterocycles. The molecule has 1 aliphatic heterocycles. The van der Waals surface area contributed by atoms with E-state index in [4.69, 9.17) is 0 Å². The van der Waals surface area contributed by atoms with Crippen LogP contribution in [0.1, 0.15) is 59.8 Å². The minimum Gasteiger partial charge on any atom is -0.316 e. The Kier molecular flexibility index (Phi) is 6.50. The summed E-state index contributed by atoms with van der Waals surface area (Å²) in [6, 6.07) is 0.700. The van der Waals surface area contributed by atoms with E-state index in [2.05, 4.69) is 38.3 Å². The van der Waals surface area contributed by atoms with Crippen molar-refractivity contribution in [3.63, 3.8) is 0 Å². The second-order valence-corrected chi connectivity index (χ2v) is 6.54. The lowest BCUT2D eigenvalue weighted by Gasteiger charge is -2.26. The van der Waals surface area contributed by atoms with Gasteiger partial charge in [0.2, 0.25) is 0 Å². The van der Waals surface area contributed by atoms with Gasteiger partial charge in [-0.15, -0.1) is 0 Å². The molecule has 2 nitrogen and oxygen atoms in total. The van der Waals surface area contributed by atoms with Crippen molar-refractivity contribution < 1.29 is 0 Å². The molecule has 0 bridgehead atoms. The van der Waals surface area contributed by atoms with E-state index in [0.29, 0.717) is 11.5 Å². The lowest BCUT2D eigenvalue weighted by Crippen LogP contribution is -2.36. The summed E-state index contributed by atoms with van der Waals surface area (Å²) in [6.45, 7) is 12.9. The molecular weight excluding hydrogens is 208 g/mol. The van der Waals surface area contributed by atoms with E-state index in [1.165, 1.54) is 51.7 Å². The van der Waals surface area contributed by atoms with Crippen molar-refractivity contribution in [1.29, 1.82) is 0 Å². The third kappa shape index (κ3) is 5.87. The minimum absolute atomic E-state index is 0.463. The predicted molar refractivity (Wildman–Crippen MR) is 76.4 cm³/mol. The maximum absolute atomic E-state index is 3.68. The fourth-order valence-electron chi connectivity index (χ4n) is 2.73. The van der Waals surface area contributed by atoms with E-state index in [9.17, 15) is 0 Å². The van der Waals surface area contributed by atoms with Crippen LogP contribution in [-0.4, -0.2) is 25.7 Å². The second kappa shape index (κ2) is 7.38. The average molecular weight is 240 g/mol. The van der Waals surface area contributed by atoms with Gasteiger partial charge in [0.05, 0.1) is 0 Å². The lowest BCUT2D eigenvalue weighted by atomic mass is 9.86. The smallest absolute Gasteiger partial charge is 0.00795 e. The van der Waals surface area contributed by atoms with Crippen molar-refractivity contribution in [3.05, 3.63) is 0 Å². The molecule has 0 aromatic rings. The van der Waals surface area contributed by atoms with Crippen molar-refractivity contribution in [3.8, 4) is 0 Å². The third-order valence-electron chi connectivity index (χ3n) is 4.16. The highest BCUT2D eigenvalue weighted by atomic mass is 15.0. The minimum atomic E-state index is 0.463. The molecule has 1 fully saturated rings. The molecule has 0 aliphatic carbocycles. The Morgan fingerprint density at radius 3 is 2.65 bits per heavy atom. The van der Waals surface area contributed by atoms with Crippen LogP contribution in [0.25, 0.3) is 0 Å². The molecule has 102 valence electrons. The SMILES string of the molecule is CCCCCC(C)(C)CNCC1CCNC1C. The van der Waals surface area contributed by atoms with Gasteiger partial charge in [-0.05, 0) is 44.2 Å². The van der Waals surface area contributed by atoms with Crippen LogP contribution in [0.2, 0.25) is 0 Å². The van der Waals surface area contributed by atoms with Crippen LogP contribution in [0.3, 0.4) is 0 Å². The molecular formula is C15H32N2. The van der Waals surface area contributed by atoms with E-state index in [0.717, 1.165) is 5.92 Å². The Labute approximate surface area is 108 Å². The zero-order valence-electron chi connectivity index (χ0n) is 12.3. The number of hydrogen-bond donors (Lipinski definition) is 2. The van der Waals surface area contributed by atoms with Gasteiger partial charge in [-0.3, -0.25) is 0 Å². The van der Waals surface area contributed by atoms with E-state index in [-0.39, 0.29) is 0 Å². The molecule has 0 amide bonds. The summed E-state index contributed by atoms with van der Waals surface area (Å²) in [5.74, 6) is 0.835. The van der Waals surface area contributed by atoms with Gasteiger partial charge in [0, 0.05) is 12.6 Å². The first-order valence-corrected chi connectivity index (χ1v) is 7.49. The van der Waals surface area contributed by atoms with Crippen LogP contribution >= 0.6 is 0 Å². The number of rotatable bonds is 8. The highest BCUT2D eigenvalue weighted by molar-refractivity contribution is 4.82. The van der Waals surface area contributed by atoms with Crippen LogP contribution in [-0.2, 0) is 0 Å². The van der Waals surface area contributed by atoms with Crippen LogP contribution in [0, 0.1) is 11.3 Å². The van der Waals surface area contributed by atoms with Gasteiger partial charge in [0.15, 0.2) is 0 Å². The Morgan fingerprint density at radius 2 is 2.06 bits per heavy atom. The summed E-state index contributed by atoms with van der Waals surface area (Å²) < 4.78 is 0. The molecule has 1 aliphatic rings. The maximum Gasteiger partial charge on any atom is 0.00795 e. The Bertz CT molecular complexity index is 201. The summed E-state index contributed by atoms with van der Waals surface area (Å²) >= 11 is 0. The standard InChI is InChI=1S/C15H32N2/c1-5-6-7-9-15(3,4)12-16-11-14-8-10-17-13(14)2/h13-14,16-17H,5-12H2,1-4H3. The van der Waals surface area contributed by atoms with Gasteiger partial charge in [-0.25, -0.2) is 0 Å². The Hall–Kier alpha value is -0.0800. The Balaban J connectivity index is 2.11. The molecule has 2 heteroatoms.